The molecular weight excluding hydrogens is 272 g/mol. The summed E-state index contributed by atoms with van der Waals surface area (Å²) in [5, 5.41) is 12.6. The molecule has 1 aliphatic rings. The molecule has 1 amide bonds. The van der Waals surface area contributed by atoms with E-state index >= 15 is 0 Å². The van der Waals surface area contributed by atoms with Gasteiger partial charge in [0.15, 0.2) is 17.2 Å². The van der Waals surface area contributed by atoms with Gasteiger partial charge in [0.05, 0.1) is 16.9 Å². The average Bonchev–Trinajstić information content (AvgIpc) is 2.93. The van der Waals surface area contributed by atoms with Crippen molar-refractivity contribution < 1.29 is 14.3 Å². The molecule has 0 radical (unpaired) electrons. The van der Waals surface area contributed by atoms with Crippen molar-refractivity contribution in [1.29, 1.82) is 0 Å². The Morgan fingerprint density at radius 3 is 2.74 bits per heavy atom. The van der Waals surface area contributed by atoms with Crippen LogP contribution in [0.5, 0.6) is 11.5 Å². The number of rotatable bonds is 2. The Labute approximate surface area is 112 Å². The fourth-order valence-electron chi connectivity index (χ4n) is 1.66. The van der Waals surface area contributed by atoms with E-state index in [0.717, 1.165) is 0 Å². The zero-order valence-electron chi connectivity index (χ0n) is 9.64. The molecule has 2 aromatic rings. The minimum atomic E-state index is -0.410. The summed E-state index contributed by atoms with van der Waals surface area (Å²) >= 11 is 6.07. The van der Waals surface area contributed by atoms with Crippen LogP contribution < -0.4 is 14.8 Å². The summed E-state index contributed by atoms with van der Waals surface area (Å²) in [7, 11) is 0. The number of nitrogens with one attached hydrogen (secondary N) is 2. The van der Waals surface area contributed by atoms with Crippen LogP contribution in [-0.4, -0.2) is 34.5 Å². The Bertz CT molecular complexity index is 615. The minimum Gasteiger partial charge on any atom is -0.486 e. The molecule has 0 bridgehead atoms. The van der Waals surface area contributed by atoms with Gasteiger partial charge in [-0.15, -0.1) is 0 Å². The van der Waals surface area contributed by atoms with Gasteiger partial charge in [0.25, 0.3) is 5.91 Å². The highest BCUT2D eigenvalue weighted by atomic mass is 35.5. The summed E-state index contributed by atoms with van der Waals surface area (Å²) in [6.45, 7) is 0.944. The third-order valence-corrected chi connectivity index (χ3v) is 2.84. The SMILES string of the molecule is O=C(Nc1cc2c(cc1Cl)OCCO2)c1cn[nH]n1. The Hall–Kier alpha value is -2.28. The lowest BCUT2D eigenvalue weighted by Gasteiger charge is -2.19. The molecule has 19 heavy (non-hydrogen) atoms. The number of amides is 1. The summed E-state index contributed by atoms with van der Waals surface area (Å²) in [4.78, 5) is 11.8. The van der Waals surface area contributed by atoms with Gasteiger partial charge in [-0.1, -0.05) is 11.6 Å². The van der Waals surface area contributed by atoms with Gasteiger partial charge in [-0.25, -0.2) is 0 Å². The largest absolute Gasteiger partial charge is 0.486 e. The number of carbonyl (C=O) groups excluding carboxylic acids is 1. The third-order valence-electron chi connectivity index (χ3n) is 2.53. The van der Waals surface area contributed by atoms with Gasteiger partial charge in [0, 0.05) is 12.1 Å². The Morgan fingerprint density at radius 2 is 2.05 bits per heavy atom. The number of nitrogens with zero attached hydrogens (tertiary/aromatic N) is 2. The highest BCUT2D eigenvalue weighted by Crippen LogP contribution is 2.37. The van der Waals surface area contributed by atoms with Crippen LogP contribution in [0.25, 0.3) is 0 Å². The molecule has 0 fully saturated rings. The zero-order chi connectivity index (χ0) is 13.2. The number of aromatic nitrogens is 3. The van der Waals surface area contributed by atoms with E-state index in [2.05, 4.69) is 20.7 Å². The second-order valence-corrected chi connectivity index (χ2v) is 4.19. The summed E-state index contributed by atoms with van der Waals surface area (Å²) < 4.78 is 10.8. The molecule has 98 valence electrons. The van der Waals surface area contributed by atoms with Gasteiger partial charge in [0.2, 0.25) is 0 Å². The van der Waals surface area contributed by atoms with Gasteiger partial charge in [-0.3, -0.25) is 4.79 Å². The van der Waals surface area contributed by atoms with Gasteiger partial charge < -0.3 is 14.8 Å². The molecule has 0 spiro atoms. The van der Waals surface area contributed by atoms with Crippen molar-refractivity contribution in [3.8, 4) is 11.5 Å². The van der Waals surface area contributed by atoms with E-state index in [-0.39, 0.29) is 5.69 Å². The van der Waals surface area contributed by atoms with E-state index in [9.17, 15) is 4.79 Å². The monoisotopic (exact) mass is 280 g/mol. The molecule has 2 heterocycles. The number of anilines is 1. The van der Waals surface area contributed by atoms with Gasteiger partial charge in [-0.05, 0) is 0 Å². The van der Waals surface area contributed by atoms with Crippen LogP contribution in [0.15, 0.2) is 18.3 Å². The summed E-state index contributed by atoms with van der Waals surface area (Å²) in [6.07, 6.45) is 1.32. The van der Waals surface area contributed by atoms with Crippen molar-refractivity contribution in [2.24, 2.45) is 0 Å². The number of benzene rings is 1. The van der Waals surface area contributed by atoms with E-state index in [4.69, 9.17) is 21.1 Å². The molecular formula is C11H9ClN4O3. The first kappa shape index (κ1) is 11.8. The van der Waals surface area contributed by atoms with E-state index in [1.165, 1.54) is 6.20 Å². The summed E-state index contributed by atoms with van der Waals surface area (Å²) in [6, 6.07) is 3.23. The van der Waals surface area contributed by atoms with Crippen LogP contribution in [0.2, 0.25) is 5.02 Å². The Balaban J connectivity index is 1.87. The molecule has 0 atom stereocenters. The Morgan fingerprint density at radius 1 is 1.32 bits per heavy atom. The molecule has 0 unspecified atom stereocenters. The number of H-pyrrole nitrogens is 1. The summed E-state index contributed by atoms with van der Waals surface area (Å²) in [5.74, 6) is 0.703. The molecule has 3 rings (SSSR count). The molecule has 0 saturated heterocycles. The standard InChI is InChI=1S/C11H9ClN4O3/c12-6-3-9-10(19-2-1-18-9)4-7(6)14-11(17)8-5-13-16-15-8/h3-5H,1-2H2,(H,14,17)(H,13,15,16). The fraction of sp³-hybridized carbons (Fsp3) is 0.182. The highest BCUT2D eigenvalue weighted by molar-refractivity contribution is 6.34. The van der Waals surface area contributed by atoms with Crippen LogP contribution >= 0.6 is 11.6 Å². The van der Waals surface area contributed by atoms with Gasteiger partial charge in [0.1, 0.15) is 13.2 Å². The van der Waals surface area contributed by atoms with Crippen molar-refractivity contribution in [2.75, 3.05) is 18.5 Å². The normalized spacial score (nSPS) is 13.1. The van der Waals surface area contributed by atoms with Gasteiger partial charge in [-0.2, -0.15) is 15.4 Å². The number of hydrogen-bond acceptors (Lipinski definition) is 5. The van der Waals surface area contributed by atoms with Gasteiger partial charge >= 0.3 is 0 Å². The number of aromatic amines is 1. The third kappa shape index (κ3) is 2.32. The quantitative estimate of drug-likeness (QED) is 0.870. The molecule has 1 aromatic carbocycles. The lowest BCUT2D eigenvalue weighted by Crippen LogP contribution is -2.17. The fourth-order valence-corrected chi connectivity index (χ4v) is 1.86. The maximum absolute atomic E-state index is 11.8. The summed E-state index contributed by atoms with van der Waals surface area (Å²) in [5.41, 5.74) is 0.602. The molecule has 2 N–H and O–H groups in total. The molecule has 0 aliphatic carbocycles. The first-order valence-electron chi connectivity index (χ1n) is 5.50. The number of ether oxygens (including phenoxy) is 2. The average molecular weight is 281 g/mol. The van der Waals surface area contributed by atoms with E-state index in [0.29, 0.717) is 35.4 Å². The van der Waals surface area contributed by atoms with Crippen molar-refractivity contribution >= 4 is 23.2 Å². The lowest BCUT2D eigenvalue weighted by atomic mass is 10.2. The molecule has 1 aliphatic heterocycles. The van der Waals surface area contributed by atoms with E-state index in [1.54, 1.807) is 12.1 Å². The Kier molecular flexibility index (Phi) is 2.96. The minimum absolute atomic E-state index is 0.172. The molecule has 7 nitrogen and oxygen atoms in total. The highest BCUT2D eigenvalue weighted by Gasteiger charge is 2.17. The van der Waals surface area contributed by atoms with Crippen molar-refractivity contribution in [3.05, 3.63) is 29.0 Å². The van der Waals surface area contributed by atoms with Crippen LogP contribution in [0.3, 0.4) is 0 Å². The lowest BCUT2D eigenvalue weighted by molar-refractivity contribution is 0.102. The smallest absolute Gasteiger partial charge is 0.277 e. The molecule has 8 heteroatoms. The number of fused-ring (bicyclic) bond motifs is 1. The molecule has 0 saturated carbocycles. The second-order valence-electron chi connectivity index (χ2n) is 3.79. The van der Waals surface area contributed by atoms with E-state index < -0.39 is 5.91 Å². The van der Waals surface area contributed by atoms with Crippen molar-refractivity contribution in [1.82, 2.24) is 15.4 Å². The topological polar surface area (TPSA) is 89.1 Å². The van der Waals surface area contributed by atoms with Crippen LogP contribution in [0.4, 0.5) is 5.69 Å². The number of carbonyl (C=O) groups is 1. The van der Waals surface area contributed by atoms with Crippen LogP contribution in [0, 0.1) is 0 Å². The number of hydrogen-bond donors (Lipinski definition) is 2. The first-order chi connectivity index (χ1) is 9.24. The predicted octanol–water partition coefficient (Wildman–Crippen LogP) is 1.48. The predicted molar refractivity (Wildman–Crippen MR) is 66.8 cm³/mol. The van der Waals surface area contributed by atoms with Crippen LogP contribution in [0.1, 0.15) is 10.5 Å². The second kappa shape index (κ2) is 4.77. The van der Waals surface area contributed by atoms with E-state index in [1.807, 2.05) is 0 Å². The molecule has 1 aromatic heterocycles. The maximum atomic E-state index is 11.8. The first-order valence-corrected chi connectivity index (χ1v) is 5.88. The van der Waals surface area contributed by atoms with Crippen molar-refractivity contribution in [3.63, 3.8) is 0 Å². The van der Waals surface area contributed by atoms with Crippen LogP contribution in [-0.2, 0) is 0 Å². The van der Waals surface area contributed by atoms with Crippen molar-refractivity contribution in [2.45, 2.75) is 0 Å². The number of halogens is 1. The zero-order valence-corrected chi connectivity index (χ0v) is 10.4. The maximum Gasteiger partial charge on any atom is 0.277 e.